The summed E-state index contributed by atoms with van der Waals surface area (Å²) < 4.78 is 27.6. The van der Waals surface area contributed by atoms with Crippen LogP contribution in [0.25, 0.3) is 0 Å². The van der Waals surface area contributed by atoms with E-state index in [9.17, 15) is 13.2 Å². The van der Waals surface area contributed by atoms with Crippen molar-refractivity contribution < 1.29 is 13.2 Å². The molecule has 0 aliphatic carbocycles. The number of benzene rings is 1. The summed E-state index contributed by atoms with van der Waals surface area (Å²) in [6.45, 7) is 5.62. The molecule has 1 N–H and O–H groups in total. The minimum atomic E-state index is -3.57. The van der Waals surface area contributed by atoms with Gasteiger partial charge in [-0.25, -0.2) is 8.42 Å². The molecule has 0 aromatic heterocycles. The van der Waals surface area contributed by atoms with Crippen molar-refractivity contribution in [1.82, 2.24) is 9.62 Å². The molecular formula is C16H24N2O3S. The van der Waals surface area contributed by atoms with Gasteiger partial charge in [0, 0.05) is 18.2 Å². The van der Waals surface area contributed by atoms with Gasteiger partial charge in [0.1, 0.15) is 0 Å². The number of carbonyl (C=O) groups excluding carboxylic acids is 1. The quantitative estimate of drug-likeness (QED) is 0.813. The molecule has 1 aromatic carbocycles. The van der Waals surface area contributed by atoms with Gasteiger partial charge in [0.2, 0.25) is 10.0 Å². The van der Waals surface area contributed by atoms with Crippen LogP contribution in [0.3, 0.4) is 0 Å². The SMILES string of the molecule is CCCN(C1CCNCC1)S(=O)(=O)c1cccc(C(C)=O)c1. The van der Waals surface area contributed by atoms with E-state index in [2.05, 4.69) is 5.32 Å². The fourth-order valence-corrected chi connectivity index (χ4v) is 4.65. The first-order chi connectivity index (χ1) is 10.5. The van der Waals surface area contributed by atoms with Crippen molar-refractivity contribution in [3.05, 3.63) is 29.8 Å². The third-order valence-corrected chi connectivity index (χ3v) is 5.95. The van der Waals surface area contributed by atoms with Crippen molar-refractivity contribution in [3.63, 3.8) is 0 Å². The molecule has 6 heteroatoms. The summed E-state index contributed by atoms with van der Waals surface area (Å²) in [4.78, 5) is 11.7. The van der Waals surface area contributed by atoms with E-state index in [0.717, 1.165) is 32.4 Å². The highest BCUT2D eigenvalue weighted by Gasteiger charge is 2.31. The van der Waals surface area contributed by atoms with E-state index in [1.54, 1.807) is 22.5 Å². The number of hydrogen-bond acceptors (Lipinski definition) is 4. The molecule has 5 nitrogen and oxygen atoms in total. The monoisotopic (exact) mass is 324 g/mol. The largest absolute Gasteiger partial charge is 0.317 e. The van der Waals surface area contributed by atoms with Gasteiger partial charge in [-0.05, 0) is 51.4 Å². The van der Waals surface area contributed by atoms with Gasteiger partial charge < -0.3 is 5.32 Å². The molecule has 0 amide bonds. The zero-order chi connectivity index (χ0) is 16.2. The first-order valence-corrected chi connectivity index (χ1v) is 9.24. The van der Waals surface area contributed by atoms with Gasteiger partial charge in [0.05, 0.1) is 4.90 Å². The second-order valence-corrected chi connectivity index (χ2v) is 7.57. The summed E-state index contributed by atoms with van der Waals surface area (Å²) >= 11 is 0. The van der Waals surface area contributed by atoms with E-state index in [1.807, 2.05) is 6.92 Å². The maximum absolute atomic E-state index is 13.0. The van der Waals surface area contributed by atoms with Gasteiger partial charge in [-0.3, -0.25) is 4.79 Å². The average Bonchev–Trinajstić information content (AvgIpc) is 2.53. The number of hydrogen-bond donors (Lipinski definition) is 1. The Morgan fingerprint density at radius 3 is 2.59 bits per heavy atom. The van der Waals surface area contributed by atoms with Crippen molar-refractivity contribution in [3.8, 4) is 0 Å². The lowest BCUT2D eigenvalue weighted by Gasteiger charge is -2.33. The van der Waals surface area contributed by atoms with Crippen molar-refractivity contribution >= 4 is 15.8 Å². The molecule has 1 aliphatic heterocycles. The van der Waals surface area contributed by atoms with Crippen LogP contribution < -0.4 is 5.32 Å². The van der Waals surface area contributed by atoms with Crippen LogP contribution >= 0.6 is 0 Å². The Labute approximate surface area is 132 Å². The lowest BCUT2D eigenvalue weighted by molar-refractivity contribution is 0.101. The Kier molecular flexibility index (Phi) is 5.72. The number of Topliss-reactive ketones (excluding diaryl/α,β-unsaturated/α-hetero) is 1. The lowest BCUT2D eigenvalue weighted by atomic mass is 10.1. The zero-order valence-electron chi connectivity index (χ0n) is 13.2. The Morgan fingerprint density at radius 1 is 1.32 bits per heavy atom. The van der Waals surface area contributed by atoms with Gasteiger partial charge in [-0.2, -0.15) is 4.31 Å². The van der Waals surface area contributed by atoms with Gasteiger partial charge in [-0.1, -0.05) is 19.1 Å². The second kappa shape index (κ2) is 7.35. The molecule has 0 saturated carbocycles. The average molecular weight is 324 g/mol. The van der Waals surface area contributed by atoms with E-state index in [0.29, 0.717) is 12.1 Å². The first-order valence-electron chi connectivity index (χ1n) is 7.80. The number of nitrogens with zero attached hydrogens (tertiary/aromatic N) is 1. The number of carbonyl (C=O) groups is 1. The normalized spacial score (nSPS) is 16.9. The van der Waals surface area contributed by atoms with Crippen LogP contribution in [0.5, 0.6) is 0 Å². The minimum Gasteiger partial charge on any atom is -0.317 e. The van der Waals surface area contributed by atoms with Crippen molar-refractivity contribution in [2.45, 2.75) is 44.0 Å². The zero-order valence-corrected chi connectivity index (χ0v) is 14.0. The summed E-state index contributed by atoms with van der Waals surface area (Å²) in [5, 5.41) is 3.26. The highest BCUT2D eigenvalue weighted by Crippen LogP contribution is 2.23. The van der Waals surface area contributed by atoms with Crippen LogP contribution in [0, 0.1) is 0 Å². The van der Waals surface area contributed by atoms with Gasteiger partial charge in [0.25, 0.3) is 0 Å². The molecule has 1 heterocycles. The molecule has 122 valence electrons. The molecule has 1 saturated heterocycles. The molecular weight excluding hydrogens is 300 g/mol. The summed E-state index contributed by atoms with van der Waals surface area (Å²) in [6.07, 6.45) is 2.42. The molecule has 0 atom stereocenters. The lowest BCUT2D eigenvalue weighted by Crippen LogP contribution is -2.46. The smallest absolute Gasteiger partial charge is 0.243 e. The van der Waals surface area contributed by atoms with Crippen LogP contribution in [-0.2, 0) is 10.0 Å². The van der Waals surface area contributed by atoms with Gasteiger partial charge >= 0.3 is 0 Å². The van der Waals surface area contributed by atoms with Crippen molar-refractivity contribution in [2.24, 2.45) is 0 Å². The van der Waals surface area contributed by atoms with Gasteiger partial charge in [-0.15, -0.1) is 0 Å². The van der Waals surface area contributed by atoms with E-state index in [-0.39, 0.29) is 16.7 Å². The molecule has 22 heavy (non-hydrogen) atoms. The number of piperidine rings is 1. The maximum atomic E-state index is 13.0. The topological polar surface area (TPSA) is 66.5 Å². The summed E-state index contributed by atoms with van der Waals surface area (Å²) in [6, 6.07) is 6.38. The van der Waals surface area contributed by atoms with E-state index in [4.69, 9.17) is 0 Å². The fourth-order valence-electron chi connectivity index (χ4n) is 2.82. The molecule has 1 aromatic rings. The van der Waals surface area contributed by atoms with E-state index < -0.39 is 10.0 Å². The second-order valence-electron chi connectivity index (χ2n) is 5.68. The molecule has 1 aliphatic rings. The number of nitrogens with one attached hydrogen (secondary N) is 1. The Hall–Kier alpha value is -1.24. The number of rotatable bonds is 6. The predicted molar refractivity (Wildman–Crippen MR) is 86.5 cm³/mol. The van der Waals surface area contributed by atoms with Gasteiger partial charge in [0.15, 0.2) is 5.78 Å². The van der Waals surface area contributed by atoms with E-state index >= 15 is 0 Å². The molecule has 0 bridgehead atoms. The number of ketones is 1. The molecule has 2 rings (SSSR count). The summed E-state index contributed by atoms with van der Waals surface area (Å²) in [5.41, 5.74) is 0.433. The molecule has 0 unspecified atom stereocenters. The summed E-state index contributed by atoms with van der Waals surface area (Å²) in [7, 11) is -3.57. The maximum Gasteiger partial charge on any atom is 0.243 e. The highest BCUT2D eigenvalue weighted by atomic mass is 32.2. The third-order valence-electron chi connectivity index (χ3n) is 4.01. The minimum absolute atomic E-state index is 0.0344. The Balaban J connectivity index is 2.35. The highest BCUT2D eigenvalue weighted by molar-refractivity contribution is 7.89. The number of sulfonamides is 1. The van der Waals surface area contributed by atoms with Crippen LogP contribution in [0.1, 0.15) is 43.5 Å². The standard InChI is InChI=1S/C16H24N2O3S/c1-3-11-18(15-7-9-17-10-8-15)22(20,21)16-6-4-5-14(12-16)13(2)19/h4-6,12,15,17H,3,7-11H2,1-2H3. The van der Waals surface area contributed by atoms with Crippen LogP contribution in [0.4, 0.5) is 0 Å². The Bertz CT molecular complexity index is 622. The Morgan fingerprint density at radius 2 is 2.00 bits per heavy atom. The summed E-state index contributed by atoms with van der Waals surface area (Å²) in [5.74, 6) is -0.124. The molecule has 1 fully saturated rings. The predicted octanol–water partition coefficient (Wildman–Crippen LogP) is 2.04. The third kappa shape index (κ3) is 3.74. The van der Waals surface area contributed by atoms with Crippen LogP contribution in [0.2, 0.25) is 0 Å². The van der Waals surface area contributed by atoms with Crippen molar-refractivity contribution in [1.29, 1.82) is 0 Å². The van der Waals surface area contributed by atoms with Crippen LogP contribution in [0.15, 0.2) is 29.2 Å². The molecule has 0 radical (unpaired) electrons. The van der Waals surface area contributed by atoms with Crippen molar-refractivity contribution in [2.75, 3.05) is 19.6 Å². The van der Waals surface area contributed by atoms with Crippen LogP contribution in [-0.4, -0.2) is 44.2 Å². The van der Waals surface area contributed by atoms with E-state index in [1.165, 1.54) is 13.0 Å². The molecule has 0 spiro atoms. The fraction of sp³-hybridized carbons (Fsp3) is 0.562. The first kappa shape index (κ1) is 17.1.